The lowest BCUT2D eigenvalue weighted by Crippen LogP contribution is -2.49. The average molecular weight is 436 g/mol. The molecule has 9 heteroatoms. The van der Waals surface area contributed by atoms with E-state index in [1.807, 2.05) is 25.1 Å². The molecule has 3 amide bonds. The second-order valence-corrected chi connectivity index (χ2v) is 8.95. The number of hydrogen-bond acceptors (Lipinski definition) is 5. The third kappa shape index (κ3) is 5.51. The fraction of sp³-hybridized carbons (Fsp3) is 0.500. The van der Waals surface area contributed by atoms with Gasteiger partial charge in [0.1, 0.15) is 6.33 Å². The minimum Gasteiger partial charge on any atom is -0.335 e. The highest BCUT2D eigenvalue weighted by molar-refractivity contribution is 7.99. The van der Waals surface area contributed by atoms with E-state index in [9.17, 15) is 9.59 Å². The molecule has 1 aromatic heterocycles. The van der Waals surface area contributed by atoms with Crippen LogP contribution in [0.15, 0.2) is 29.7 Å². The summed E-state index contributed by atoms with van der Waals surface area (Å²) < 4.78 is 1.76. The molecular weight excluding hydrogens is 410 g/mol. The lowest BCUT2D eigenvalue weighted by atomic mass is 9.78. The van der Waals surface area contributed by atoms with Crippen molar-refractivity contribution in [1.82, 2.24) is 25.4 Å². The van der Waals surface area contributed by atoms with Crippen LogP contribution < -0.4 is 10.6 Å². The Morgan fingerprint density at radius 2 is 2.10 bits per heavy atom. The van der Waals surface area contributed by atoms with E-state index in [0.29, 0.717) is 22.0 Å². The van der Waals surface area contributed by atoms with Crippen LogP contribution in [0.5, 0.6) is 0 Å². The van der Waals surface area contributed by atoms with Gasteiger partial charge in [-0.2, -0.15) is 0 Å². The molecule has 0 saturated heterocycles. The highest BCUT2D eigenvalue weighted by Crippen LogP contribution is 2.29. The van der Waals surface area contributed by atoms with Gasteiger partial charge in [-0.05, 0) is 42.9 Å². The topological polar surface area (TPSA) is 88.9 Å². The van der Waals surface area contributed by atoms with Gasteiger partial charge < -0.3 is 5.32 Å². The highest BCUT2D eigenvalue weighted by atomic mass is 35.5. The SMILES string of the molecule is Cc1ccc(-n2cnnc2SCC(=O)NC(=O)N[C@@H]2CCC[C@@H](C)[C@H]2C)cc1Cl. The van der Waals surface area contributed by atoms with Crippen LogP contribution in [0.3, 0.4) is 0 Å². The monoisotopic (exact) mass is 435 g/mol. The summed E-state index contributed by atoms with van der Waals surface area (Å²) in [5.41, 5.74) is 1.79. The summed E-state index contributed by atoms with van der Waals surface area (Å²) in [6.07, 6.45) is 4.80. The van der Waals surface area contributed by atoms with Crippen LogP contribution in [-0.4, -0.2) is 38.5 Å². The predicted octanol–water partition coefficient (Wildman–Crippen LogP) is 3.97. The molecule has 3 atom stereocenters. The molecule has 0 aliphatic heterocycles. The Bertz CT molecular complexity index is 888. The molecule has 0 unspecified atom stereocenters. The average Bonchev–Trinajstić information content (AvgIpc) is 3.14. The van der Waals surface area contributed by atoms with Crippen LogP contribution in [0.1, 0.15) is 38.7 Å². The van der Waals surface area contributed by atoms with Gasteiger partial charge in [0.25, 0.3) is 0 Å². The Labute approximate surface area is 180 Å². The van der Waals surface area contributed by atoms with Crippen LogP contribution in [0, 0.1) is 18.8 Å². The van der Waals surface area contributed by atoms with Crippen LogP contribution in [0.4, 0.5) is 4.79 Å². The van der Waals surface area contributed by atoms with Gasteiger partial charge in [0, 0.05) is 11.1 Å². The van der Waals surface area contributed by atoms with Crippen LogP contribution in [0.25, 0.3) is 5.69 Å². The van der Waals surface area contributed by atoms with E-state index >= 15 is 0 Å². The number of hydrogen-bond donors (Lipinski definition) is 2. The van der Waals surface area contributed by atoms with Crippen molar-refractivity contribution in [1.29, 1.82) is 0 Å². The molecule has 2 N–H and O–H groups in total. The maximum Gasteiger partial charge on any atom is 0.321 e. The van der Waals surface area contributed by atoms with E-state index in [1.54, 1.807) is 10.9 Å². The zero-order valence-electron chi connectivity index (χ0n) is 16.8. The van der Waals surface area contributed by atoms with Crippen LogP contribution in [0.2, 0.25) is 5.02 Å². The van der Waals surface area contributed by atoms with Gasteiger partial charge in [0.05, 0.1) is 11.4 Å². The third-order valence-electron chi connectivity index (χ3n) is 5.56. The van der Waals surface area contributed by atoms with E-state index in [2.05, 4.69) is 34.7 Å². The van der Waals surface area contributed by atoms with Crippen molar-refractivity contribution in [3.05, 3.63) is 35.1 Å². The summed E-state index contributed by atoms with van der Waals surface area (Å²) in [6, 6.07) is 5.32. The normalized spacial score (nSPS) is 21.6. The molecule has 29 heavy (non-hydrogen) atoms. The molecule has 0 bridgehead atoms. The predicted molar refractivity (Wildman–Crippen MR) is 114 cm³/mol. The summed E-state index contributed by atoms with van der Waals surface area (Å²) in [7, 11) is 0. The molecule has 0 radical (unpaired) electrons. The number of nitrogens with zero attached hydrogens (tertiary/aromatic N) is 3. The highest BCUT2D eigenvalue weighted by Gasteiger charge is 2.28. The molecule has 1 aliphatic carbocycles. The Balaban J connectivity index is 1.53. The number of amides is 3. The third-order valence-corrected chi connectivity index (χ3v) is 6.91. The van der Waals surface area contributed by atoms with Crippen LogP contribution in [-0.2, 0) is 4.79 Å². The fourth-order valence-corrected chi connectivity index (χ4v) is 4.42. The molecular formula is C20H26ClN5O2S. The van der Waals surface area contributed by atoms with Gasteiger partial charge in [0.15, 0.2) is 5.16 Å². The van der Waals surface area contributed by atoms with Crippen molar-refractivity contribution in [3.8, 4) is 5.69 Å². The van der Waals surface area contributed by atoms with Crippen molar-refractivity contribution >= 4 is 35.3 Å². The van der Waals surface area contributed by atoms with Crippen molar-refractivity contribution < 1.29 is 9.59 Å². The number of aromatic nitrogens is 3. The number of thioether (sulfide) groups is 1. The second-order valence-electron chi connectivity index (χ2n) is 7.60. The molecule has 3 rings (SSSR count). The largest absolute Gasteiger partial charge is 0.335 e. The molecule has 1 heterocycles. The number of benzene rings is 1. The number of nitrogens with one attached hydrogen (secondary N) is 2. The standard InChI is InChI=1S/C20H26ClN5O2S/c1-12-5-4-6-17(14(12)3)23-19(28)24-18(27)10-29-20-25-22-11-26(20)15-8-7-13(2)16(21)9-15/h7-9,11-12,14,17H,4-6,10H2,1-3H3,(H2,23,24,27,28)/t12-,14-,17-/m1/s1. The van der Waals surface area contributed by atoms with E-state index in [4.69, 9.17) is 11.6 Å². The molecule has 1 fully saturated rings. The van der Waals surface area contributed by atoms with Gasteiger partial charge in [-0.25, -0.2) is 4.79 Å². The molecule has 2 aromatic rings. The minimum absolute atomic E-state index is 0.0579. The summed E-state index contributed by atoms with van der Waals surface area (Å²) in [6.45, 7) is 6.28. The van der Waals surface area contributed by atoms with Crippen molar-refractivity contribution in [2.45, 2.75) is 51.2 Å². The summed E-state index contributed by atoms with van der Waals surface area (Å²) in [5, 5.41) is 14.5. The smallest absolute Gasteiger partial charge is 0.321 e. The fourth-order valence-electron chi connectivity index (χ4n) is 3.51. The first-order valence-electron chi connectivity index (χ1n) is 9.75. The van der Waals surface area contributed by atoms with Gasteiger partial charge in [-0.1, -0.05) is 56.1 Å². The number of carbonyl (C=O) groups excluding carboxylic acids is 2. The zero-order chi connectivity index (χ0) is 21.0. The van der Waals surface area contributed by atoms with E-state index < -0.39 is 6.03 Å². The quantitative estimate of drug-likeness (QED) is 0.693. The molecule has 0 spiro atoms. The zero-order valence-corrected chi connectivity index (χ0v) is 18.4. The molecule has 1 aliphatic rings. The first-order chi connectivity index (χ1) is 13.8. The number of imide groups is 1. The first-order valence-corrected chi connectivity index (χ1v) is 11.1. The lowest BCUT2D eigenvalue weighted by molar-refractivity contribution is -0.117. The Morgan fingerprint density at radius 1 is 1.31 bits per heavy atom. The molecule has 7 nitrogen and oxygen atoms in total. The molecule has 1 aromatic carbocycles. The summed E-state index contributed by atoms with van der Waals surface area (Å²) >= 11 is 7.41. The van der Waals surface area contributed by atoms with E-state index in [0.717, 1.165) is 24.1 Å². The number of carbonyl (C=O) groups is 2. The summed E-state index contributed by atoms with van der Waals surface area (Å²) in [4.78, 5) is 24.4. The Morgan fingerprint density at radius 3 is 2.86 bits per heavy atom. The Kier molecular flexibility index (Phi) is 7.18. The van der Waals surface area contributed by atoms with Gasteiger partial charge in [-0.15, -0.1) is 10.2 Å². The molecule has 156 valence electrons. The number of urea groups is 1. The first kappa shape index (κ1) is 21.6. The second kappa shape index (κ2) is 9.63. The maximum atomic E-state index is 12.2. The van der Waals surface area contributed by atoms with Gasteiger partial charge in [0.2, 0.25) is 5.91 Å². The summed E-state index contributed by atoms with van der Waals surface area (Å²) in [5.74, 6) is 0.656. The van der Waals surface area contributed by atoms with Crippen molar-refractivity contribution in [3.63, 3.8) is 0 Å². The van der Waals surface area contributed by atoms with Crippen molar-refractivity contribution in [2.75, 3.05) is 5.75 Å². The number of aryl methyl sites for hydroxylation is 1. The maximum absolute atomic E-state index is 12.2. The minimum atomic E-state index is -0.437. The van der Waals surface area contributed by atoms with Crippen molar-refractivity contribution in [2.24, 2.45) is 11.8 Å². The number of rotatable bonds is 5. The molecule has 1 saturated carbocycles. The van der Waals surface area contributed by atoms with Gasteiger partial charge in [-0.3, -0.25) is 14.7 Å². The van der Waals surface area contributed by atoms with Crippen LogP contribution >= 0.6 is 23.4 Å². The van der Waals surface area contributed by atoms with E-state index in [1.165, 1.54) is 18.2 Å². The van der Waals surface area contributed by atoms with E-state index in [-0.39, 0.29) is 17.7 Å². The Hall–Kier alpha value is -2.06. The number of halogens is 1. The van der Waals surface area contributed by atoms with Gasteiger partial charge >= 0.3 is 6.03 Å². The lowest BCUT2D eigenvalue weighted by Gasteiger charge is -2.34.